The van der Waals surface area contributed by atoms with Crippen molar-refractivity contribution >= 4 is 34.9 Å². The topological polar surface area (TPSA) is 42.0 Å². The molecule has 148 valence electrons. The standard InChI is InChI=1S/C21H23ClN2O3S/c22-18-12-16(13-19-21(18)27-10-1-9-26-19)2-3-20(25)24-7-5-23(6-8-24)14-17-4-11-28-15-17/h2-4,11-13,15H,1,5-10,14H2/b3-2+. The highest BCUT2D eigenvalue weighted by molar-refractivity contribution is 7.07. The first kappa shape index (κ1) is 19.3. The highest BCUT2D eigenvalue weighted by Gasteiger charge is 2.20. The molecule has 0 bridgehead atoms. The Morgan fingerprint density at radius 1 is 1.18 bits per heavy atom. The van der Waals surface area contributed by atoms with Crippen molar-refractivity contribution in [3.05, 3.63) is 51.2 Å². The van der Waals surface area contributed by atoms with E-state index < -0.39 is 0 Å². The van der Waals surface area contributed by atoms with Gasteiger partial charge in [0.05, 0.1) is 18.2 Å². The number of ether oxygens (including phenoxy) is 2. The van der Waals surface area contributed by atoms with Gasteiger partial charge >= 0.3 is 0 Å². The molecule has 1 aromatic carbocycles. The third-order valence-corrected chi connectivity index (χ3v) is 5.93. The van der Waals surface area contributed by atoms with Gasteiger partial charge in [0.2, 0.25) is 5.91 Å². The number of nitrogens with zero attached hydrogens (tertiary/aromatic N) is 2. The van der Waals surface area contributed by atoms with E-state index in [1.807, 2.05) is 11.0 Å². The van der Waals surface area contributed by atoms with Crippen molar-refractivity contribution in [2.45, 2.75) is 13.0 Å². The van der Waals surface area contributed by atoms with Gasteiger partial charge in [0.25, 0.3) is 0 Å². The fraction of sp³-hybridized carbons (Fsp3) is 0.381. The normalized spacial score (nSPS) is 17.7. The summed E-state index contributed by atoms with van der Waals surface area (Å²) in [7, 11) is 0. The molecule has 1 amide bonds. The van der Waals surface area contributed by atoms with Crippen molar-refractivity contribution in [2.75, 3.05) is 39.4 Å². The number of amides is 1. The molecular weight excluding hydrogens is 396 g/mol. The number of carbonyl (C=O) groups excluding carboxylic acids is 1. The summed E-state index contributed by atoms with van der Waals surface area (Å²) < 4.78 is 11.3. The van der Waals surface area contributed by atoms with Gasteiger partial charge in [-0.3, -0.25) is 9.69 Å². The minimum atomic E-state index is 0.0263. The van der Waals surface area contributed by atoms with E-state index in [1.54, 1.807) is 29.6 Å². The fourth-order valence-electron chi connectivity index (χ4n) is 3.39. The van der Waals surface area contributed by atoms with Crippen molar-refractivity contribution in [3.8, 4) is 11.5 Å². The van der Waals surface area contributed by atoms with Gasteiger partial charge < -0.3 is 14.4 Å². The molecule has 2 aromatic rings. The third kappa shape index (κ3) is 4.69. The summed E-state index contributed by atoms with van der Waals surface area (Å²) >= 11 is 8.04. The Hall–Kier alpha value is -2.02. The quantitative estimate of drug-likeness (QED) is 0.706. The van der Waals surface area contributed by atoms with Crippen LogP contribution in [0.2, 0.25) is 5.02 Å². The van der Waals surface area contributed by atoms with E-state index in [2.05, 4.69) is 21.7 Å². The first-order valence-electron chi connectivity index (χ1n) is 9.48. The molecule has 1 saturated heterocycles. The first-order valence-corrected chi connectivity index (χ1v) is 10.8. The second kappa shape index (κ2) is 8.99. The smallest absolute Gasteiger partial charge is 0.246 e. The Morgan fingerprint density at radius 3 is 2.79 bits per heavy atom. The number of rotatable bonds is 4. The lowest BCUT2D eigenvalue weighted by molar-refractivity contribution is -0.127. The van der Waals surface area contributed by atoms with Crippen molar-refractivity contribution in [2.24, 2.45) is 0 Å². The molecule has 2 aliphatic heterocycles. The van der Waals surface area contributed by atoms with Crippen LogP contribution in [0.25, 0.3) is 6.08 Å². The zero-order chi connectivity index (χ0) is 19.3. The molecule has 0 atom stereocenters. The lowest BCUT2D eigenvalue weighted by Crippen LogP contribution is -2.47. The van der Waals surface area contributed by atoms with Crippen LogP contribution in [-0.4, -0.2) is 55.1 Å². The number of carbonyl (C=O) groups is 1. The lowest BCUT2D eigenvalue weighted by Gasteiger charge is -2.34. The predicted molar refractivity (Wildman–Crippen MR) is 112 cm³/mol. The Labute approximate surface area is 174 Å². The predicted octanol–water partition coefficient (Wildman–Crippen LogP) is 3.92. The van der Waals surface area contributed by atoms with E-state index >= 15 is 0 Å². The van der Waals surface area contributed by atoms with Crippen LogP contribution in [0.4, 0.5) is 0 Å². The monoisotopic (exact) mass is 418 g/mol. The number of hydrogen-bond donors (Lipinski definition) is 0. The summed E-state index contributed by atoms with van der Waals surface area (Å²) in [5.74, 6) is 1.25. The van der Waals surface area contributed by atoms with Gasteiger partial charge in [-0.1, -0.05) is 11.6 Å². The summed E-state index contributed by atoms with van der Waals surface area (Å²) in [5.41, 5.74) is 2.18. The number of piperazine rings is 1. The highest BCUT2D eigenvalue weighted by atomic mass is 35.5. The van der Waals surface area contributed by atoms with Gasteiger partial charge in [0.15, 0.2) is 11.5 Å². The Bertz CT molecular complexity index is 846. The van der Waals surface area contributed by atoms with E-state index in [0.717, 1.165) is 44.7 Å². The minimum Gasteiger partial charge on any atom is -0.489 e. The molecule has 1 aromatic heterocycles. The van der Waals surface area contributed by atoms with Gasteiger partial charge in [0.1, 0.15) is 0 Å². The minimum absolute atomic E-state index is 0.0263. The second-order valence-corrected chi connectivity index (χ2v) is 8.13. The third-order valence-electron chi connectivity index (χ3n) is 4.91. The summed E-state index contributed by atoms with van der Waals surface area (Å²) in [5, 5.41) is 4.79. The van der Waals surface area contributed by atoms with E-state index in [0.29, 0.717) is 29.7 Å². The van der Waals surface area contributed by atoms with Crippen LogP contribution in [0.15, 0.2) is 35.0 Å². The van der Waals surface area contributed by atoms with Gasteiger partial charge in [-0.05, 0) is 46.2 Å². The van der Waals surface area contributed by atoms with Crippen LogP contribution >= 0.6 is 22.9 Å². The summed E-state index contributed by atoms with van der Waals surface area (Å²) in [6.07, 6.45) is 4.23. The van der Waals surface area contributed by atoms with E-state index in [-0.39, 0.29) is 5.91 Å². The van der Waals surface area contributed by atoms with E-state index in [1.165, 1.54) is 5.56 Å². The maximum atomic E-state index is 12.6. The molecule has 5 nitrogen and oxygen atoms in total. The van der Waals surface area contributed by atoms with Gasteiger partial charge in [-0.15, -0.1) is 0 Å². The molecule has 28 heavy (non-hydrogen) atoms. The fourth-order valence-corrected chi connectivity index (χ4v) is 4.32. The van der Waals surface area contributed by atoms with Crippen LogP contribution < -0.4 is 9.47 Å². The van der Waals surface area contributed by atoms with Crippen molar-refractivity contribution in [1.29, 1.82) is 0 Å². The van der Waals surface area contributed by atoms with Crippen molar-refractivity contribution < 1.29 is 14.3 Å². The SMILES string of the molecule is O=C(/C=C/c1cc(Cl)c2c(c1)OCCCO2)N1CCN(Cc2ccsc2)CC1. The molecule has 3 heterocycles. The number of hydrogen-bond acceptors (Lipinski definition) is 5. The number of fused-ring (bicyclic) bond motifs is 1. The molecule has 0 unspecified atom stereocenters. The molecule has 0 aliphatic carbocycles. The van der Waals surface area contributed by atoms with Crippen LogP contribution in [-0.2, 0) is 11.3 Å². The van der Waals surface area contributed by atoms with Crippen LogP contribution in [0.5, 0.6) is 11.5 Å². The Kier molecular flexibility index (Phi) is 6.20. The molecule has 2 aliphatic rings. The largest absolute Gasteiger partial charge is 0.489 e. The van der Waals surface area contributed by atoms with E-state index in [4.69, 9.17) is 21.1 Å². The molecule has 1 fully saturated rings. The Morgan fingerprint density at radius 2 is 2.00 bits per heavy atom. The molecule has 4 rings (SSSR count). The number of thiophene rings is 1. The lowest BCUT2D eigenvalue weighted by atomic mass is 10.1. The summed E-state index contributed by atoms with van der Waals surface area (Å²) in [6.45, 7) is 5.43. The maximum absolute atomic E-state index is 12.6. The number of benzene rings is 1. The highest BCUT2D eigenvalue weighted by Crippen LogP contribution is 2.38. The summed E-state index contributed by atoms with van der Waals surface area (Å²) in [4.78, 5) is 16.8. The van der Waals surface area contributed by atoms with Gasteiger partial charge in [-0.2, -0.15) is 11.3 Å². The van der Waals surface area contributed by atoms with Crippen LogP contribution in [0, 0.1) is 0 Å². The molecule has 0 N–H and O–H groups in total. The zero-order valence-corrected chi connectivity index (χ0v) is 17.2. The first-order chi connectivity index (χ1) is 13.7. The van der Waals surface area contributed by atoms with Crippen LogP contribution in [0.3, 0.4) is 0 Å². The van der Waals surface area contributed by atoms with Gasteiger partial charge in [-0.25, -0.2) is 0 Å². The van der Waals surface area contributed by atoms with Crippen LogP contribution in [0.1, 0.15) is 17.5 Å². The second-order valence-electron chi connectivity index (χ2n) is 6.95. The Balaban J connectivity index is 1.34. The van der Waals surface area contributed by atoms with Gasteiger partial charge in [0, 0.05) is 45.2 Å². The van der Waals surface area contributed by atoms with Crippen molar-refractivity contribution in [1.82, 2.24) is 9.80 Å². The molecule has 0 radical (unpaired) electrons. The molecule has 0 spiro atoms. The number of halogens is 1. The average molecular weight is 419 g/mol. The maximum Gasteiger partial charge on any atom is 0.246 e. The molecular formula is C21H23ClN2O3S. The van der Waals surface area contributed by atoms with E-state index in [9.17, 15) is 4.79 Å². The molecule has 0 saturated carbocycles. The summed E-state index contributed by atoms with van der Waals surface area (Å²) in [6, 6.07) is 5.83. The average Bonchev–Trinajstić information content (AvgIpc) is 3.09. The van der Waals surface area contributed by atoms with Crippen molar-refractivity contribution in [3.63, 3.8) is 0 Å². The zero-order valence-electron chi connectivity index (χ0n) is 15.6. The molecule has 7 heteroatoms.